The second-order valence-electron chi connectivity index (χ2n) is 4.30. The Bertz CT molecular complexity index is 554. The monoisotopic (exact) mass is 259 g/mol. The fourth-order valence-electron chi connectivity index (χ4n) is 1.99. The molecule has 0 saturated heterocycles. The molecule has 0 spiro atoms. The zero-order chi connectivity index (χ0) is 13.7. The Morgan fingerprint density at radius 3 is 2.58 bits per heavy atom. The van der Waals surface area contributed by atoms with Crippen molar-refractivity contribution in [2.75, 3.05) is 13.7 Å². The van der Waals surface area contributed by atoms with Gasteiger partial charge < -0.3 is 10.1 Å². The predicted octanol–water partition coefficient (Wildman–Crippen LogP) is 3.61. The van der Waals surface area contributed by atoms with Gasteiger partial charge in [-0.1, -0.05) is 24.3 Å². The van der Waals surface area contributed by atoms with Crippen LogP contribution in [0.15, 0.2) is 42.5 Å². The summed E-state index contributed by atoms with van der Waals surface area (Å²) in [5, 5.41) is 2.95. The zero-order valence-corrected chi connectivity index (χ0v) is 11.2. The largest absolute Gasteiger partial charge is 0.494 e. The molecule has 2 nitrogen and oxygen atoms in total. The Morgan fingerprint density at radius 2 is 1.89 bits per heavy atom. The van der Waals surface area contributed by atoms with E-state index in [2.05, 4.69) is 5.32 Å². The molecule has 2 aromatic rings. The van der Waals surface area contributed by atoms with Crippen LogP contribution in [-0.4, -0.2) is 13.7 Å². The molecule has 0 aliphatic carbocycles. The lowest BCUT2D eigenvalue weighted by Gasteiger charge is -2.08. The van der Waals surface area contributed by atoms with E-state index in [0.717, 1.165) is 16.9 Å². The Balaban J connectivity index is 2.31. The van der Waals surface area contributed by atoms with E-state index >= 15 is 0 Å². The van der Waals surface area contributed by atoms with E-state index < -0.39 is 0 Å². The van der Waals surface area contributed by atoms with Crippen molar-refractivity contribution in [1.29, 1.82) is 0 Å². The number of rotatable bonds is 5. The molecule has 0 aromatic heterocycles. The normalized spacial score (nSPS) is 10.5. The molecular weight excluding hydrogens is 241 g/mol. The summed E-state index contributed by atoms with van der Waals surface area (Å²) < 4.78 is 19.4. The van der Waals surface area contributed by atoms with Gasteiger partial charge in [0, 0.05) is 12.1 Å². The van der Waals surface area contributed by atoms with Crippen LogP contribution in [0.1, 0.15) is 12.5 Å². The van der Waals surface area contributed by atoms with Gasteiger partial charge in [0.15, 0.2) is 0 Å². The summed E-state index contributed by atoms with van der Waals surface area (Å²) in [5.74, 6) is 0.619. The number of hydrogen-bond acceptors (Lipinski definition) is 2. The molecule has 1 N–H and O–H groups in total. The Morgan fingerprint density at radius 1 is 1.11 bits per heavy atom. The second-order valence-corrected chi connectivity index (χ2v) is 4.30. The summed E-state index contributed by atoms with van der Waals surface area (Å²) in [4.78, 5) is 0. The number of hydrogen-bond donors (Lipinski definition) is 1. The molecule has 0 heterocycles. The highest BCUT2D eigenvalue weighted by atomic mass is 19.1. The van der Waals surface area contributed by atoms with Gasteiger partial charge in [-0.3, -0.25) is 0 Å². The first kappa shape index (κ1) is 13.6. The predicted molar refractivity (Wildman–Crippen MR) is 75.8 cm³/mol. The minimum atomic E-state index is -0.186. The Kier molecular flexibility index (Phi) is 4.53. The van der Waals surface area contributed by atoms with Gasteiger partial charge in [-0.05, 0) is 43.3 Å². The summed E-state index contributed by atoms with van der Waals surface area (Å²) in [6, 6.07) is 13.0. The highest BCUT2D eigenvalue weighted by Gasteiger charge is 2.05. The van der Waals surface area contributed by atoms with Crippen LogP contribution in [0.5, 0.6) is 5.75 Å². The first-order valence-electron chi connectivity index (χ1n) is 6.41. The molecule has 0 fully saturated rings. The van der Waals surface area contributed by atoms with Crippen LogP contribution in [0, 0.1) is 5.82 Å². The second kappa shape index (κ2) is 6.34. The van der Waals surface area contributed by atoms with Gasteiger partial charge in [0.05, 0.1) is 6.61 Å². The van der Waals surface area contributed by atoms with Gasteiger partial charge in [-0.15, -0.1) is 0 Å². The average molecular weight is 259 g/mol. The highest BCUT2D eigenvalue weighted by molar-refractivity contribution is 5.65. The van der Waals surface area contributed by atoms with E-state index in [9.17, 15) is 4.39 Å². The molecule has 19 heavy (non-hydrogen) atoms. The van der Waals surface area contributed by atoms with E-state index in [1.165, 1.54) is 0 Å². The van der Waals surface area contributed by atoms with Crippen LogP contribution in [0.2, 0.25) is 0 Å². The van der Waals surface area contributed by atoms with Crippen molar-refractivity contribution in [3.05, 3.63) is 53.8 Å². The molecule has 2 rings (SSSR count). The lowest BCUT2D eigenvalue weighted by molar-refractivity contribution is 0.340. The van der Waals surface area contributed by atoms with E-state index in [-0.39, 0.29) is 5.82 Å². The molecule has 0 unspecified atom stereocenters. The fourth-order valence-corrected chi connectivity index (χ4v) is 1.99. The number of nitrogens with one attached hydrogen (secondary N) is 1. The molecule has 0 bridgehead atoms. The lowest BCUT2D eigenvalue weighted by Crippen LogP contribution is -2.06. The molecule has 0 aliphatic rings. The van der Waals surface area contributed by atoms with Crippen molar-refractivity contribution < 1.29 is 9.13 Å². The highest BCUT2D eigenvalue weighted by Crippen LogP contribution is 2.25. The third-order valence-corrected chi connectivity index (χ3v) is 2.90. The smallest absolute Gasteiger partial charge is 0.128 e. The standard InChI is InChI=1S/C16H18FNO/c1-3-19-15-6-4-5-12(9-15)13-7-8-14(11-18-2)16(17)10-13/h4-10,18H,3,11H2,1-2H3. The molecule has 100 valence electrons. The van der Waals surface area contributed by atoms with E-state index in [1.54, 1.807) is 13.1 Å². The van der Waals surface area contributed by atoms with Gasteiger partial charge in [0.25, 0.3) is 0 Å². The summed E-state index contributed by atoms with van der Waals surface area (Å²) in [6.45, 7) is 3.10. The van der Waals surface area contributed by atoms with Crippen LogP contribution < -0.4 is 10.1 Å². The zero-order valence-electron chi connectivity index (χ0n) is 11.2. The molecule has 2 aromatic carbocycles. The molecule has 0 radical (unpaired) electrons. The minimum Gasteiger partial charge on any atom is -0.494 e. The van der Waals surface area contributed by atoms with Crippen molar-refractivity contribution >= 4 is 0 Å². The SMILES string of the molecule is CCOc1cccc(-c2ccc(CNC)c(F)c2)c1. The van der Waals surface area contributed by atoms with E-state index in [1.807, 2.05) is 43.3 Å². The maximum atomic E-state index is 13.9. The van der Waals surface area contributed by atoms with Crippen molar-refractivity contribution in [1.82, 2.24) is 5.32 Å². The maximum Gasteiger partial charge on any atom is 0.128 e. The quantitative estimate of drug-likeness (QED) is 0.885. The van der Waals surface area contributed by atoms with E-state index in [0.29, 0.717) is 18.7 Å². The van der Waals surface area contributed by atoms with Crippen LogP contribution in [0.3, 0.4) is 0 Å². The third kappa shape index (κ3) is 3.32. The van der Waals surface area contributed by atoms with Crippen molar-refractivity contribution in [2.24, 2.45) is 0 Å². The number of benzene rings is 2. The molecule has 0 aliphatic heterocycles. The Hall–Kier alpha value is -1.87. The molecular formula is C16H18FNO. The first-order valence-corrected chi connectivity index (χ1v) is 6.41. The summed E-state index contributed by atoms with van der Waals surface area (Å²) in [5.41, 5.74) is 2.49. The summed E-state index contributed by atoms with van der Waals surface area (Å²) in [6.07, 6.45) is 0. The topological polar surface area (TPSA) is 21.3 Å². The third-order valence-electron chi connectivity index (χ3n) is 2.90. The van der Waals surface area contributed by atoms with Crippen molar-refractivity contribution in [2.45, 2.75) is 13.5 Å². The van der Waals surface area contributed by atoms with Gasteiger partial charge in [0.1, 0.15) is 11.6 Å². The first-order chi connectivity index (χ1) is 9.24. The van der Waals surface area contributed by atoms with Gasteiger partial charge in [-0.2, -0.15) is 0 Å². The maximum absolute atomic E-state index is 13.9. The fraction of sp³-hybridized carbons (Fsp3) is 0.250. The van der Waals surface area contributed by atoms with Crippen LogP contribution in [0.4, 0.5) is 4.39 Å². The van der Waals surface area contributed by atoms with Gasteiger partial charge >= 0.3 is 0 Å². The summed E-state index contributed by atoms with van der Waals surface area (Å²) >= 11 is 0. The minimum absolute atomic E-state index is 0.186. The van der Waals surface area contributed by atoms with Crippen molar-refractivity contribution in [3.8, 4) is 16.9 Å². The van der Waals surface area contributed by atoms with Crippen LogP contribution >= 0.6 is 0 Å². The molecule has 3 heteroatoms. The van der Waals surface area contributed by atoms with Gasteiger partial charge in [0.2, 0.25) is 0 Å². The lowest BCUT2D eigenvalue weighted by atomic mass is 10.0. The van der Waals surface area contributed by atoms with Crippen LogP contribution in [-0.2, 0) is 6.54 Å². The number of halogens is 1. The van der Waals surface area contributed by atoms with Crippen LogP contribution in [0.25, 0.3) is 11.1 Å². The molecule has 0 amide bonds. The van der Waals surface area contributed by atoms with Gasteiger partial charge in [-0.25, -0.2) is 4.39 Å². The average Bonchev–Trinajstić information content (AvgIpc) is 2.42. The summed E-state index contributed by atoms with van der Waals surface area (Å²) in [7, 11) is 1.80. The van der Waals surface area contributed by atoms with Crippen molar-refractivity contribution in [3.63, 3.8) is 0 Å². The number of ether oxygens (including phenoxy) is 1. The van der Waals surface area contributed by atoms with E-state index in [4.69, 9.17) is 4.74 Å². The molecule has 0 saturated carbocycles. The Labute approximate surface area is 113 Å². The molecule has 0 atom stereocenters.